The topological polar surface area (TPSA) is 118 Å². The molecule has 3 amide bonds. The zero-order valence-electron chi connectivity index (χ0n) is 11.6. The molecule has 0 aliphatic rings. The largest absolute Gasteiger partial charge is 0.481 e. The van der Waals surface area contributed by atoms with E-state index in [9.17, 15) is 14.4 Å². The number of aliphatic carboxylic acids is 1. The highest BCUT2D eigenvalue weighted by atomic mass is 16.5. The van der Waals surface area contributed by atoms with Gasteiger partial charge in [0.25, 0.3) is 0 Å². The van der Waals surface area contributed by atoms with E-state index in [2.05, 4.69) is 15.6 Å². The Kier molecular flexibility index (Phi) is 6.66. The number of amides is 3. The first-order valence-electron chi connectivity index (χ1n) is 6.29. The first-order chi connectivity index (χ1) is 10.0. The minimum Gasteiger partial charge on any atom is -0.481 e. The van der Waals surface area contributed by atoms with Gasteiger partial charge in [-0.2, -0.15) is 0 Å². The van der Waals surface area contributed by atoms with E-state index in [1.807, 2.05) is 0 Å². The fourth-order valence-electron chi connectivity index (χ4n) is 1.45. The molecule has 21 heavy (non-hydrogen) atoms. The first kappa shape index (κ1) is 16.4. The van der Waals surface area contributed by atoms with E-state index >= 15 is 0 Å². The van der Waals surface area contributed by atoms with Crippen molar-refractivity contribution < 1.29 is 24.2 Å². The normalized spacial score (nSPS) is 9.76. The number of imide groups is 1. The predicted octanol–water partition coefficient (Wildman–Crippen LogP) is 0.671. The molecule has 0 aromatic carbocycles. The summed E-state index contributed by atoms with van der Waals surface area (Å²) in [4.78, 5) is 37.0. The molecule has 1 aromatic rings. The smallest absolute Gasteiger partial charge is 0.321 e. The fourth-order valence-corrected chi connectivity index (χ4v) is 1.45. The monoisotopic (exact) mass is 295 g/mol. The second-order valence-electron chi connectivity index (χ2n) is 4.19. The van der Waals surface area contributed by atoms with Gasteiger partial charge in [-0.25, -0.2) is 9.78 Å². The van der Waals surface area contributed by atoms with Crippen LogP contribution in [0.3, 0.4) is 0 Å². The lowest BCUT2D eigenvalue weighted by Gasteiger charge is -2.07. The summed E-state index contributed by atoms with van der Waals surface area (Å²) >= 11 is 0. The molecule has 8 nitrogen and oxygen atoms in total. The molecule has 1 heterocycles. The number of carbonyl (C=O) groups excluding carboxylic acids is 2. The number of aromatic nitrogens is 1. The lowest BCUT2D eigenvalue weighted by molar-refractivity contribution is -0.137. The number of rotatable bonds is 7. The number of pyridine rings is 1. The number of methoxy groups -OCH3 is 1. The highest BCUT2D eigenvalue weighted by Gasteiger charge is 2.08. The molecule has 0 saturated carbocycles. The summed E-state index contributed by atoms with van der Waals surface area (Å²) < 4.78 is 4.90. The van der Waals surface area contributed by atoms with Crippen molar-refractivity contribution in [2.24, 2.45) is 0 Å². The van der Waals surface area contributed by atoms with E-state index in [1.165, 1.54) is 7.11 Å². The molecule has 0 atom stereocenters. The Labute approximate surface area is 121 Å². The van der Waals surface area contributed by atoms with Gasteiger partial charge in [-0.3, -0.25) is 14.9 Å². The number of nitrogens with one attached hydrogen (secondary N) is 2. The Morgan fingerprint density at radius 2 is 2.05 bits per heavy atom. The Morgan fingerprint density at radius 3 is 2.62 bits per heavy atom. The molecule has 0 aliphatic carbocycles. The van der Waals surface area contributed by atoms with Crippen molar-refractivity contribution in [3.63, 3.8) is 0 Å². The van der Waals surface area contributed by atoms with Gasteiger partial charge in [0.15, 0.2) is 0 Å². The average Bonchev–Trinajstić information content (AvgIpc) is 2.45. The van der Waals surface area contributed by atoms with Crippen molar-refractivity contribution in [2.45, 2.75) is 25.8 Å². The summed E-state index contributed by atoms with van der Waals surface area (Å²) in [5.41, 5.74) is 0.754. The molecule has 0 bridgehead atoms. The van der Waals surface area contributed by atoms with Crippen molar-refractivity contribution in [2.75, 3.05) is 7.11 Å². The third-order valence-corrected chi connectivity index (χ3v) is 2.51. The van der Waals surface area contributed by atoms with E-state index in [-0.39, 0.29) is 25.8 Å². The number of hydrogen-bond donors (Lipinski definition) is 3. The Morgan fingerprint density at radius 1 is 1.29 bits per heavy atom. The fraction of sp³-hybridized carbons (Fsp3) is 0.385. The summed E-state index contributed by atoms with van der Waals surface area (Å²) in [5.74, 6) is -1.02. The summed E-state index contributed by atoms with van der Waals surface area (Å²) in [6.07, 6.45) is 1.63. The molecule has 8 heteroatoms. The SMILES string of the molecule is COc1ccc(CNC(=O)NC(=O)CCCC(=O)O)cn1. The minimum atomic E-state index is -0.973. The number of urea groups is 1. The van der Waals surface area contributed by atoms with Gasteiger partial charge >= 0.3 is 12.0 Å². The zero-order valence-corrected chi connectivity index (χ0v) is 11.6. The minimum absolute atomic E-state index is 0.0101. The van der Waals surface area contributed by atoms with Gasteiger partial charge in [-0.05, 0) is 12.0 Å². The number of ether oxygens (including phenoxy) is 1. The molecule has 1 rings (SSSR count). The zero-order chi connectivity index (χ0) is 15.7. The maximum Gasteiger partial charge on any atom is 0.321 e. The molecule has 3 N–H and O–H groups in total. The van der Waals surface area contributed by atoms with E-state index < -0.39 is 17.9 Å². The van der Waals surface area contributed by atoms with Crippen molar-refractivity contribution in [3.8, 4) is 5.88 Å². The van der Waals surface area contributed by atoms with Crippen LogP contribution in [0.2, 0.25) is 0 Å². The molecule has 114 valence electrons. The number of carbonyl (C=O) groups is 3. The highest BCUT2D eigenvalue weighted by Crippen LogP contribution is 2.06. The molecular formula is C13H17N3O5. The number of carboxylic acids is 1. The van der Waals surface area contributed by atoms with Crippen molar-refractivity contribution in [1.29, 1.82) is 0 Å². The molecule has 0 spiro atoms. The van der Waals surface area contributed by atoms with E-state index in [0.29, 0.717) is 5.88 Å². The van der Waals surface area contributed by atoms with E-state index in [0.717, 1.165) is 5.56 Å². The highest BCUT2D eigenvalue weighted by molar-refractivity contribution is 5.94. The molecule has 0 unspecified atom stereocenters. The summed E-state index contributed by atoms with van der Waals surface area (Å²) in [6, 6.07) is 2.76. The number of carboxylic acid groups (broad SMARTS) is 1. The second kappa shape index (κ2) is 8.51. The lowest BCUT2D eigenvalue weighted by Crippen LogP contribution is -2.39. The molecule has 0 aliphatic heterocycles. The van der Waals surface area contributed by atoms with Crippen LogP contribution in [0.1, 0.15) is 24.8 Å². The number of hydrogen-bond acceptors (Lipinski definition) is 5. The molecule has 1 aromatic heterocycles. The lowest BCUT2D eigenvalue weighted by atomic mass is 10.2. The third-order valence-electron chi connectivity index (χ3n) is 2.51. The van der Waals surface area contributed by atoms with Gasteiger partial charge in [-0.1, -0.05) is 6.07 Å². The summed E-state index contributed by atoms with van der Waals surface area (Å²) in [7, 11) is 1.50. The van der Waals surface area contributed by atoms with Crippen LogP contribution >= 0.6 is 0 Å². The van der Waals surface area contributed by atoms with Crippen molar-refractivity contribution in [3.05, 3.63) is 23.9 Å². The average molecular weight is 295 g/mol. The number of nitrogens with zero attached hydrogens (tertiary/aromatic N) is 1. The maximum atomic E-state index is 11.4. The van der Waals surface area contributed by atoms with Crippen LogP contribution in [0.15, 0.2) is 18.3 Å². The van der Waals surface area contributed by atoms with E-state index in [1.54, 1.807) is 18.3 Å². The van der Waals surface area contributed by atoms with Crippen LogP contribution in [-0.2, 0) is 16.1 Å². The van der Waals surface area contributed by atoms with Crippen LogP contribution in [0, 0.1) is 0 Å². The van der Waals surface area contributed by atoms with Gasteiger partial charge < -0.3 is 15.2 Å². The van der Waals surface area contributed by atoms with Gasteiger partial charge in [0.1, 0.15) is 0 Å². The third kappa shape index (κ3) is 6.90. The standard InChI is InChI=1S/C13H17N3O5/c1-21-11-6-5-9(7-14-11)8-15-13(20)16-10(17)3-2-4-12(18)19/h5-7H,2-4,8H2,1H3,(H,18,19)(H2,15,16,17,20). The summed E-state index contributed by atoms with van der Waals surface area (Å²) in [5, 5.41) is 13.0. The maximum absolute atomic E-state index is 11.4. The van der Waals surface area contributed by atoms with Crippen LogP contribution in [0.25, 0.3) is 0 Å². The van der Waals surface area contributed by atoms with Crippen LogP contribution in [0.5, 0.6) is 5.88 Å². The molecule has 0 fully saturated rings. The van der Waals surface area contributed by atoms with Crippen molar-refractivity contribution >= 4 is 17.9 Å². The molecule has 0 radical (unpaired) electrons. The molecular weight excluding hydrogens is 278 g/mol. The van der Waals surface area contributed by atoms with Gasteiger partial charge in [-0.15, -0.1) is 0 Å². The summed E-state index contributed by atoms with van der Waals surface area (Å²) in [6.45, 7) is 0.214. The van der Waals surface area contributed by atoms with Gasteiger partial charge in [0.05, 0.1) is 7.11 Å². The van der Waals surface area contributed by atoms with Gasteiger partial charge in [0, 0.05) is 31.6 Å². The quantitative estimate of drug-likeness (QED) is 0.680. The Hall–Kier alpha value is -2.64. The Bertz CT molecular complexity index is 501. The first-order valence-corrected chi connectivity index (χ1v) is 6.29. The van der Waals surface area contributed by atoms with Crippen molar-refractivity contribution in [1.82, 2.24) is 15.6 Å². The van der Waals surface area contributed by atoms with Crippen LogP contribution in [-0.4, -0.2) is 35.1 Å². The molecule has 0 saturated heterocycles. The second-order valence-corrected chi connectivity index (χ2v) is 4.19. The Balaban J connectivity index is 2.26. The van der Waals surface area contributed by atoms with E-state index in [4.69, 9.17) is 9.84 Å². The van der Waals surface area contributed by atoms with Gasteiger partial charge in [0.2, 0.25) is 11.8 Å². The van der Waals surface area contributed by atoms with Crippen LogP contribution in [0.4, 0.5) is 4.79 Å². The predicted molar refractivity (Wildman–Crippen MR) is 72.7 cm³/mol. The van der Waals surface area contributed by atoms with Crippen LogP contribution < -0.4 is 15.4 Å².